The third kappa shape index (κ3) is 2.46. The minimum Gasteiger partial charge on any atom is -0.455 e. The van der Waals surface area contributed by atoms with Crippen molar-refractivity contribution in [1.82, 2.24) is 4.98 Å². The van der Waals surface area contributed by atoms with Gasteiger partial charge in [0.05, 0.1) is 11.8 Å². The van der Waals surface area contributed by atoms with E-state index in [-0.39, 0.29) is 0 Å². The summed E-state index contributed by atoms with van der Waals surface area (Å²) in [6, 6.07) is 8.53. The highest BCUT2D eigenvalue weighted by atomic mass is 16.5. The van der Waals surface area contributed by atoms with Crippen molar-refractivity contribution in [3.8, 4) is 11.5 Å². The molecule has 0 aliphatic rings. The fourth-order valence-electron chi connectivity index (χ4n) is 1.55. The Labute approximate surface area is 104 Å². The summed E-state index contributed by atoms with van der Waals surface area (Å²) in [5.41, 5.74) is 12.0. The van der Waals surface area contributed by atoms with E-state index < -0.39 is 5.91 Å². The van der Waals surface area contributed by atoms with Gasteiger partial charge in [-0.2, -0.15) is 0 Å². The number of benzene rings is 1. The standard InChI is InChI=1S/C13H13N3O2/c14-7-9-5-6-16-8-12(9)18-11-4-2-1-3-10(11)13(15)17/h1-6,8H,7,14H2,(H2,15,17). The average Bonchev–Trinajstić information content (AvgIpc) is 2.40. The van der Waals surface area contributed by atoms with Crippen LogP contribution in [0.5, 0.6) is 11.5 Å². The van der Waals surface area contributed by atoms with E-state index >= 15 is 0 Å². The molecule has 4 N–H and O–H groups in total. The Kier molecular flexibility index (Phi) is 3.54. The van der Waals surface area contributed by atoms with Crippen molar-refractivity contribution in [2.24, 2.45) is 11.5 Å². The van der Waals surface area contributed by atoms with Crippen LogP contribution in [0.25, 0.3) is 0 Å². The van der Waals surface area contributed by atoms with E-state index in [4.69, 9.17) is 16.2 Å². The summed E-state index contributed by atoms with van der Waals surface area (Å²) in [6.45, 7) is 0.330. The van der Waals surface area contributed by atoms with E-state index in [1.54, 1.807) is 42.7 Å². The van der Waals surface area contributed by atoms with Crippen LogP contribution in [0.4, 0.5) is 0 Å². The minimum absolute atomic E-state index is 0.323. The molecule has 0 bridgehead atoms. The molecule has 2 rings (SSSR count). The van der Waals surface area contributed by atoms with Crippen LogP contribution in [0.15, 0.2) is 42.7 Å². The Balaban J connectivity index is 2.37. The van der Waals surface area contributed by atoms with Crippen LogP contribution in [0.3, 0.4) is 0 Å². The number of rotatable bonds is 4. The predicted octanol–water partition coefficient (Wildman–Crippen LogP) is 1.43. The molecule has 0 unspecified atom stereocenters. The van der Waals surface area contributed by atoms with Crippen LogP contribution in [-0.2, 0) is 6.54 Å². The normalized spacial score (nSPS) is 10.1. The number of ether oxygens (including phenoxy) is 1. The first-order chi connectivity index (χ1) is 8.72. The van der Waals surface area contributed by atoms with Gasteiger partial charge in [-0.15, -0.1) is 0 Å². The maximum atomic E-state index is 11.3. The maximum Gasteiger partial charge on any atom is 0.252 e. The first kappa shape index (κ1) is 12.1. The zero-order valence-corrected chi connectivity index (χ0v) is 9.67. The lowest BCUT2D eigenvalue weighted by atomic mass is 10.2. The highest BCUT2D eigenvalue weighted by molar-refractivity contribution is 5.95. The van der Waals surface area contributed by atoms with Crippen LogP contribution >= 0.6 is 0 Å². The molecule has 0 saturated carbocycles. The van der Waals surface area contributed by atoms with Crippen molar-refractivity contribution in [1.29, 1.82) is 0 Å². The Morgan fingerprint density at radius 2 is 2.00 bits per heavy atom. The van der Waals surface area contributed by atoms with Gasteiger partial charge in [0, 0.05) is 18.3 Å². The van der Waals surface area contributed by atoms with Crippen molar-refractivity contribution in [3.63, 3.8) is 0 Å². The third-order valence-electron chi connectivity index (χ3n) is 2.46. The highest BCUT2D eigenvalue weighted by Gasteiger charge is 2.10. The number of nitrogens with two attached hydrogens (primary N) is 2. The summed E-state index contributed by atoms with van der Waals surface area (Å²) in [7, 11) is 0. The Morgan fingerprint density at radius 1 is 1.22 bits per heavy atom. The molecule has 0 aliphatic heterocycles. The summed E-state index contributed by atoms with van der Waals surface area (Å²) < 4.78 is 5.65. The number of aromatic nitrogens is 1. The van der Waals surface area contributed by atoms with Crippen LogP contribution < -0.4 is 16.2 Å². The number of carbonyl (C=O) groups excluding carboxylic acids is 1. The third-order valence-corrected chi connectivity index (χ3v) is 2.46. The number of hydrogen-bond donors (Lipinski definition) is 2. The summed E-state index contributed by atoms with van der Waals surface area (Å²) in [5, 5.41) is 0. The molecule has 18 heavy (non-hydrogen) atoms. The fraction of sp³-hybridized carbons (Fsp3) is 0.0769. The van der Waals surface area contributed by atoms with Gasteiger partial charge in [0.15, 0.2) is 0 Å². The number of amides is 1. The second kappa shape index (κ2) is 5.29. The molecule has 1 aromatic heterocycles. The molecular formula is C13H13N3O2. The molecule has 92 valence electrons. The van der Waals surface area contributed by atoms with Gasteiger partial charge >= 0.3 is 0 Å². The fourth-order valence-corrected chi connectivity index (χ4v) is 1.55. The van der Waals surface area contributed by atoms with Crippen molar-refractivity contribution < 1.29 is 9.53 Å². The quantitative estimate of drug-likeness (QED) is 0.849. The molecule has 1 heterocycles. The van der Waals surface area contributed by atoms with Crippen molar-refractivity contribution >= 4 is 5.91 Å². The molecule has 0 fully saturated rings. The maximum absolute atomic E-state index is 11.3. The number of carbonyl (C=O) groups is 1. The van der Waals surface area contributed by atoms with Gasteiger partial charge in [-0.05, 0) is 18.2 Å². The Bertz CT molecular complexity index is 570. The predicted molar refractivity (Wildman–Crippen MR) is 67.2 cm³/mol. The van der Waals surface area contributed by atoms with Gasteiger partial charge in [0.1, 0.15) is 11.5 Å². The number of pyridine rings is 1. The lowest BCUT2D eigenvalue weighted by molar-refractivity contribution is 0.0998. The molecule has 2 aromatic rings. The van der Waals surface area contributed by atoms with Crippen molar-refractivity contribution in [2.75, 3.05) is 0 Å². The second-order valence-corrected chi connectivity index (χ2v) is 3.65. The van der Waals surface area contributed by atoms with Gasteiger partial charge in [-0.3, -0.25) is 9.78 Å². The van der Waals surface area contributed by atoms with Gasteiger partial charge < -0.3 is 16.2 Å². The molecule has 0 saturated heterocycles. The molecule has 0 aliphatic carbocycles. The number of hydrogen-bond acceptors (Lipinski definition) is 4. The molecule has 1 aromatic carbocycles. The van der Waals surface area contributed by atoms with Crippen LogP contribution in [0.1, 0.15) is 15.9 Å². The van der Waals surface area contributed by atoms with Crippen LogP contribution in [0.2, 0.25) is 0 Å². The Hall–Kier alpha value is -2.40. The molecule has 5 heteroatoms. The summed E-state index contributed by atoms with van der Waals surface area (Å²) in [6.07, 6.45) is 3.19. The van der Waals surface area contributed by atoms with Crippen LogP contribution in [0, 0.1) is 0 Å². The molecule has 1 amide bonds. The molecular weight excluding hydrogens is 230 g/mol. The molecule has 0 atom stereocenters. The van der Waals surface area contributed by atoms with Crippen molar-refractivity contribution in [2.45, 2.75) is 6.54 Å². The van der Waals surface area contributed by atoms with Gasteiger partial charge in [-0.1, -0.05) is 12.1 Å². The van der Waals surface area contributed by atoms with Crippen molar-refractivity contribution in [3.05, 3.63) is 53.9 Å². The summed E-state index contributed by atoms with van der Waals surface area (Å²) in [5.74, 6) is 0.380. The molecule has 0 spiro atoms. The SMILES string of the molecule is NCc1ccncc1Oc1ccccc1C(N)=O. The smallest absolute Gasteiger partial charge is 0.252 e. The second-order valence-electron chi connectivity index (χ2n) is 3.65. The molecule has 0 radical (unpaired) electrons. The highest BCUT2D eigenvalue weighted by Crippen LogP contribution is 2.26. The summed E-state index contributed by atoms with van der Waals surface area (Å²) in [4.78, 5) is 15.2. The minimum atomic E-state index is -0.538. The number of nitrogens with zero attached hydrogens (tertiary/aromatic N) is 1. The number of para-hydroxylation sites is 1. The lowest BCUT2D eigenvalue weighted by Gasteiger charge is -2.11. The molecule has 5 nitrogen and oxygen atoms in total. The van der Waals surface area contributed by atoms with E-state index in [2.05, 4.69) is 4.98 Å². The largest absolute Gasteiger partial charge is 0.455 e. The van der Waals surface area contributed by atoms with Gasteiger partial charge in [-0.25, -0.2) is 0 Å². The first-order valence-electron chi connectivity index (χ1n) is 5.42. The average molecular weight is 243 g/mol. The van der Waals surface area contributed by atoms with Gasteiger partial charge in [0.25, 0.3) is 5.91 Å². The van der Waals surface area contributed by atoms with E-state index in [1.165, 1.54) is 0 Å². The van der Waals surface area contributed by atoms with E-state index in [9.17, 15) is 4.79 Å². The monoisotopic (exact) mass is 243 g/mol. The van der Waals surface area contributed by atoms with Crippen LogP contribution in [-0.4, -0.2) is 10.9 Å². The van der Waals surface area contributed by atoms with Gasteiger partial charge in [0.2, 0.25) is 0 Å². The number of primary amides is 1. The zero-order valence-electron chi connectivity index (χ0n) is 9.67. The van der Waals surface area contributed by atoms with E-state index in [0.29, 0.717) is 23.6 Å². The Morgan fingerprint density at radius 3 is 2.72 bits per heavy atom. The lowest BCUT2D eigenvalue weighted by Crippen LogP contribution is -2.12. The van der Waals surface area contributed by atoms with E-state index in [1.807, 2.05) is 0 Å². The zero-order chi connectivity index (χ0) is 13.0. The summed E-state index contributed by atoms with van der Waals surface area (Å²) >= 11 is 0. The topological polar surface area (TPSA) is 91.2 Å². The first-order valence-corrected chi connectivity index (χ1v) is 5.42. The van der Waals surface area contributed by atoms with E-state index in [0.717, 1.165) is 5.56 Å².